The number of nitrogens with one attached hydrogen (secondary N) is 1. The number of nitrogens with zero attached hydrogens (tertiary/aromatic N) is 1. The summed E-state index contributed by atoms with van der Waals surface area (Å²) in [6, 6.07) is 8.43. The number of hydrogen-bond acceptors (Lipinski definition) is 4. The Balaban J connectivity index is 1.89. The smallest absolute Gasteiger partial charge is 0.245 e. The summed E-state index contributed by atoms with van der Waals surface area (Å²) in [5.41, 5.74) is 6.98. The van der Waals surface area contributed by atoms with Crippen molar-refractivity contribution in [3.8, 4) is 0 Å². The molecule has 1 aliphatic heterocycles. The number of benzene rings is 1. The molecule has 2 amide bonds. The van der Waals surface area contributed by atoms with Gasteiger partial charge in [-0.05, 0) is 18.4 Å². The van der Waals surface area contributed by atoms with Crippen molar-refractivity contribution in [2.24, 2.45) is 5.73 Å². The molecule has 0 bridgehead atoms. The van der Waals surface area contributed by atoms with Crippen molar-refractivity contribution in [3.63, 3.8) is 0 Å². The monoisotopic (exact) mass is 319 g/mol. The molecule has 23 heavy (non-hydrogen) atoms. The van der Waals surface area contributed by atoms with E-state index in [1.54, 1.807) is 4.90 Å². The zero-order valence-corrected chi connectivity index (χ0v) is 13.5. The molecule has 1 fully saturated rings. The average molecular weight is 319 g/mol. The molecule has 1 heterocycles. The third-order valence-electron chi connectivity index (χ3n) is 3.98. The summed E-state index contributed by atoms with van der Waals surface area (Å²) in [4.78, 5) is 26.5. The van der Waals surface area contributed by atoms with Gasteiger partial charge in [-0.3, -0.25) is 9.59 Å². The van der Waals surface area contributed by atoms with Crippen molar-refractivity contribution < 1.29 is 14.3 Å². The first kappa shape index (κ1) is 17.4. The Labute approximate surface area is 137 Å². The normalized spacial score (nSPS) is 17.4. The van der Waals surface area contributed by atoms with Crippen molar-refractivity contribution in [2.75, 3.05) is 26.3 Å². The molecule has 3 N–H and O–H groups in total. The summed E-state index contributed by atoms with van der Waals surface area (Å²) in [7, 11) is 0. The highest BCUT2D eigenvalue weighted by Gasteiger charge is 2.27. The van der Waals surface area contributed by atoms with Gasteiger partial charge in [0, 0.05) is 13.1 Å². The van der Waals surface area contributed by atoms with E-state index < -0.39 is 12.1 Å². The Bertz CT molecular complexity index is 515. The van der Waals surface area contributed by atoms with Gasteiger partial charge in [0.25, 0.3) is 0 Å². The SMILES string of the molecule is CCC(NC(=O)[C@@H](N)Cc1ccccc1)C(=O)N1CCOCC1. The Morgan fingerprint density at radius 3 is 2.52 bits per heavy atom. The molecule has 0 saturated carbocycles. The van der Waals surface area contributed by atoms with Crippen LogP contribution in [0.4, 0.5) is 0 Å². The maximum Gasteiger partial charge on any atom is 0.245 e. The van der Waals surface area contributed by atoms with Crippen molar-refractivity contribution in [1.82, 2.24) is 10.2 Å². The van der Waals surface area contributed by atoms with Crippen molar-refractivity contribution in [2.45, 2.75) is 31.8 Å². The lowest BCUT2D eigenvalue weighted by atomic mass is 10.1. The first-order valence-electron chi connectivity index (χ1n) is 8.08. The first-order valence-corrected chi connectivity index (χ1v) is 8.08. The van der Waals surface area contributed by atoms with Crippen molar-refractivity contribution in [1.29, 1.82) is 0 Å². The molecule has 1 aromatic rings. The van der Waals surface area contributed by atoms with Crippen LogP contribution in [0.3, 0.4) is 0 Å². The number of ether oxygens (including phenoxy) is 1. The van der Waals surface area contributed by atoms with Crippen LogP contribution in [0.15, 0.2) is 30.3 Å². The number of carbonyl (C=O) groups is 2. The Morgan fingerprint density at radius 1 is 1.26 bits per heavy atom. The van der Waals surface area contributed by atoms with Gasteiger partial charge in [-0.1, -0.05) is 37.3 Å². The topological polar surface area (TPSA) is 84.7 Å². The third-order valence-corrected chi connectivity index (χ3v) is 3.98. The fourth-order valence-electron chi connectivity index (χ4n) is 2.58. The third kappa shape index (κ3) is 5.04. The van der Waals surface area contributed by atoms with Crippen LogP contribution >= 0.6 is 0 Å². The standard InChI is InChI=1S/C17H25N3O3/c1-2-15(17(22)20-8-10-23-11-9-20)19-16(21)14(18)12-13-6-4-3-5-7-13/h3-7,14-15H,2,8-12,18H2,1H3,(H,19,21)/t14-,15?/m0/s1. The van der Waals surface area contributed by atoms with E-state index in [1.165, 1.54) is 0 Å². The molecule has 126 valence electrons. The van der Waals surface area contributed by atoms with Gasteiger partial charge in [-0.15, -0.1) is 0 Å². The maximum absolute atomic E-state index is 12.5. The highest BCUT2D eigenvalue weighted by Crippen LogP contribution is 2.06. The Kier molecular flexibility index (Phi) is 6.55. The van der Waals surface area contributed by atoms with E-state index in [1.807, 2.05) is 37.3 Å². The Hall–Kier alpha value is -1.92. The largest absolute Gasteiger partial charge is 0.378 e. The van der Waals surface area contributed by atoms with Crippen LogP contribution in [0, 0.1) is 0 Å². The second kappa shape index (κ2) is 8.64. The highest BCUT2D eigenvalue weighted by atomic mass is 16.5. The van der Waals surface area contributed by atoms with Gasteiger partial charge in [-0.25, -0.2) is 0 Å². The van der Waals surface area contributed by atoms with Crippen LogP contribution in [0.25, 0.3) is 0 Å². The lowest BCUT2D eigenvalue weighted by Crippen LogP contribution is -2.54. The van der Waals surface area contributed by atoms with E-state index in [0.717, 1.165) is 5.56 Å². The van der Waals surface area contributed by atoms with Crippen LogP contribution in [0.1, 0.15) is 18.9 Å². The predicted octanol–water partition coefficient (Wildman–Crippen LogP) is 0.310. The second-order valence-electron chi connectivity index (χ2n) is 5.70. The lowest BCUT2D eigenvalue weighted by Gasteiger charge is -2.30. The van der Waals surface area contributed by atoms with Gasteiger partial charge in [0.15, 0.2) is 0 Å². The minimum atomic E-state index is -0.663. The molecule has 0 spiro atoms. The van der Waals surface area contributed by atoms with Crippen molar-refractivity contribution in [3.05, 3.63) is 35.9 Å². The molecule has 2 rings (SSSR count). The summed E-state index contributed by atoms with van der Waals surface area (Å²) in [6.07, 6.45) is 0.995. The molecule has 1 unspecified atom stereocenters. The van der Waals surface area contributed by atoms with E-state index in [9.17, 15) is 9.59 Å². The van der Waals surface area contributed by atoms with Crippen LogP contribution in [0.5, 0.6) is 0 Å². The molecule has 0 aliphatic carbocycles. The molecule has 6 heteroatoms. The molecular weight excluding hydrogens is 294 g/mol. The Morgan fingerprint density at radius 2 is 1.91 bits per heavy atom. The van der Waals surface area contributed by atoms with Gasteiger partial charge >= 0.3 is 0 Å². The summed E-state index contributed by atoms with van der Waals surface area (Å²) in [5.74, 6) is -0.349. The number of rotatable bonds is 6. The fourth-order valence-corrected chi connectivity index (χ4v) is 2.58. The van der Waals surface area contributed by atoms with Gasteiger partial charge in [0.05, 0.1) is 19.3 Å². The lowest BCUT2D eigenvalue weighted by molar-refractivity contribution is -0.140. The number of carbonyl (C=O) groups excluding carboxylic acids is 2. The van der Waals surface area contributed by atoms with Crippen LogP contribution < -0.4 is 11.1 Å². The number of amides is 2. The summed E-state index contributed by atoms with van der Waals surface area (Å²) in [6.45, 7) is 4.11. The molecule has 1 saturated heterocycles. The molecule has 1 aliphatic rings. The number of nitrogens with two attached hydrogens (primary N) is 1. The summed E-state index contributed by atoms with van der Waals surface area (Å²) >= 11 is 0. The predicted molar refractivity (Wildman–Crippen MR) is 87.7 cm³/mol. The fraction of sp³-hybridized carbons (Fsp3) is 0.529. The molecular formula is C17H25N3O3. The van der Waals surface area contributed by atoms with Crippen LogP contribution in [-0.2, 0) is 20.7 Å². The summed E-state index contributed by atoms with van der Waals surface area (Å²) in [5, 5.41) is 2.79. The molecule has 2 atom stereocenters. The van der Waals surface area contributed by atoms with E-state index >= 15 is 0 Å². The molecule has 0 radical (unpaired) electrons. The molecule has 0 aromatic heterocycles. The van der Waals surface area contributed by atoms with Crippen LogP contribution in [-0.4, -0.2) is 55.1 Å². The first-order chi connectivity index (χ1) is 11.1. The number of hydrogen-bond donors (Lipinski definition) is 2. The van der Waals surface area contributed by atoms with Gasteiger partial charge in [-0.2, -0.15) is 0 Å². The second-order valence-corrected chi connectivity index (χ2v) is 5.70. The highest BCUT2D eigenvalue weighted by molar-refractivity contribution is 5.89. The van der Waals surface area contributed by atoms with E-state index in [-0.39, 0.29) is 11.8 Å². The van der Waals surface area contributed by atoms with Crippen molar-refractivity contribution >= 4 is 11.8 Å². The quantitative estimate of drug-likeness (QED) is 0.790. The van der Waals surface area contributed by atoms with Gasteiger partial charge < -0.3 is 20.7 Å². The maximum atomic E-state index is 12.5. The minimum Gasteiger partial charge on any atom is -0.378 e. The zero-order valence-electron chi connectivity index (χ0n) is 13.5. The van der Waals surface area contributed by atoms with Gasteiger partial charge in [0.1, 0.15) is 6.04 Å². The van der Waals surface area contributed by atoms with E-state index in [0.29, 0.717) is 39.1 Å². The van der Waals surface area contributed by atoms with E-state index in [2.05, 4.69) is 5.32 Å². The van der Waals surface area contributed by atoms with Crippen LogP contribution in [0.2, 0.25) is 0 Å². The minimum absolute atomic E-state index is 0.0592. The average Bonchev–Trinajstić information content (AvgIpc) is 2.60. The zero-order chi connectivity index (χ0) is 16.7. The molecule has 6 nitrogen and oxygen atoms in total. The number of morpholine rings is 1. The summed E-state index contributed by atoms with van der Waals surface area (Å²) < 4.78 is 5.25. The molecule has 1 aromatic carbocycles. The van der Waals surface area contributed by atoms with Gasteiger partial charge in [0.2, 0.25) is 11.8 Å². The van der Waals surface area contributed by atoms with E-state index in [4.69, 9.17) is 10.5 Å².